The molecule has 0 bridgehead atoms. The quantitative estimate of drug-likeness (QED) is 0.593. The van der Waals surface area contributed by atoms with E-state index in [1.165, 1.54) is 0 Å². The molecule has 0 unspecified atom stereocenters. The molecule has 0 spiro atoms. The van der Waals surface area contributed by atoms with Crippen LogP contribution in [0.2, 0.25) is 5.02 Å². The predicted octanol–water partition coefficient (Wildman–Crippen LogP) is 3.70. The Hall–Kier alpha value is -1.28. The second-order valence-electron chi connectivity index (χ2n) is 3.48. The summed E-state index contributed by atoms with van der Waals surface area (Å²) >= 11 is 5.80. The van der Waals surface area contributed by atoms with Crippen LogP contribution in [-0.2, 0) is 9.53 Å². The first kappa shape index (κ1) is 12.8. The van der Waals surface area contributed by atoms with Crippen LogP contribution in [0, 0.1) is 0 Å². The number of carbonyl (C=O) groups excluding carboxylic acids is 1. The molecule has 3 heteroatoms. The van der Waals surface area contributed by atoms with E-state index >= 15 is 0 Å². The van der Waals surface area contributed by atoms with Gasteiger partial charge in [0, 0.05) is 10.6 Å². The molecule has 16 heavy (non-hydrogen) atoms. The van der Waals surface area contributed by atoms with E-state index in [1.807, 2.05) is 19.1 Å². The van der Waals surface area contributed by atoms with E-state index in [-0.39, 0.29) is 5.97 Å². The first-order valence-electron chi connectivity index (χ1n) is 5.16. The third kappa shape index (κ3) is 3.11. The van der Waals surface area contributed by atoms with Gasteiger partial charge in [0.15, 0.2) is 0 Å². The summed E-state index contributed by atoms with van der Waals surface area (Å²) in [6.45, 7) is 5.85. The van der Waals surface area contributed by atoms with E-state index in [0.717, 1.165) is 11.1 Å². The number of benzene rings is 1. The third-order valence-corrected chi connectivity index (χ3v) is 2.67. The highest BCUT2D eigenvalue weighted by molar-refractivity contribution is 6.30. The van der Waals surface area contributed by atoms with Crippen molar-refractivity contribution in [3.05, 3.63) is 40.4 Å². The van der Waals surface area contributed by atoms with Gasteiger partial charge in [0.05, 0.1) is 6.61 Å². The molecule has 0 fully saturated rings. The fourth-order valence-corrected chi connectivity index (χ4v) is 1.43. The third-order valence-electron chi connectivity index (χ3n) is 2.42. The van der Waals surface area contributed by atoms with Crippen LogP contribution in [0.4, 0.5) is 0 Å². The molecule has 0 saturated heterocycles. The van der Waals surface area contributed by atoms with Gasteiger partial charge in [-0.25, -0.2) is 4.79 Å². The van der Waals surface area contributed by atoms with Gasteiger partial charge in [0.2, 0.25) is 0 Å². The van der Waals surface area contributed by atoms with Gasteiger partial charge in [0.1, 0.15) is 0 Å². The van der Waals surface area contributed by atoms with Crippen molar-refractivity contribution >= 4 is 23.1 Å². The van der Waals surface area contributed by atoms with Gasteiger partial charge in [0.25, 0.3) is 0 Å². The Morgan fingerprint density at radius 1 is 1.25 bits per heavy atom. The van der Waals surface area contributed by atoms with Crippen LogP contribution in [-0.4, -0.2) is 12.6 Å². The van der Waals surface area contributed by atoms with Gasteiger partial charge in [-0.3, -0.25) is 0 Å². The molecule has 0 N–H and O–H groups in total. The molecule has 2 nitrogen and oxygen atoms in total. The van der Waals surface area contributed by atoms with Crippen LogP contribution in [0.3, 0.4) is 0 Å². The van der Waals surface area contributed by atoms with E-state index in [2.05, 4.69) is 0 Å². The van der Waals surface area contributed by atoms with Crippen molar-refractivity contribution in [3.8, 4) is 0 Å². The van der Waals surface area contributed by atoms with Crippen LogP contribution in [0.5, 0.6) is 0 Å². The highest BCUT2D eigenvalue weighted by atomic mass is 35.5. The van der Waals surface area contributed by atoms with Crippen molar-refractivity contribution in [1.82, 2.24) is 0 Å². The number of ether oxygens (including phenoxy) is 1. The first-order chi connectivity index (χ1) is 7.56. The van der Waals surface area contributed by atoms with Crippen molar-refractivity contribution < 1.29 is 9.53 Å². The van der Waals surface area contributed by atoms with E-state index in [4.69, 9.17) is 16.3 Å². The Bertz CT molecular complexity index is 404. The van der Waals surface area contributed by atoms with Crippen LogP contribution < -0.4 is 0 Å². The Kier molecular flexibility index (Phi) is 4.56. The maximum atomic E-state index is 11.5. The van der Waals surface area contributed by atoms with Crippen LogP contribution in [0.15, 0.2) is 29.8 Å². The summed E-state index contributed by atoms with van der Waals surface area (Å²) in [4.78, 5) is 11.5. The molecule has 0 aromatic heterocycles. The number of carbonyl (C=O) groups is 1. The SMILES string of the molecule is CCOC(=O)/C(C)=C(\C)c1ccc(Cl)cc1. The molecule has 1 rings (SSSR count). The topological polar surface area (TPSA) is 26.3 Å². The first-order valence-corrected chi connectivity index (χ1v) is 5.54. The fourth-order valence-electron chi connectivity index (χ4n) is 1.31. The summed E-state index contributed by atoms with van der Waals surface area (Å²) in [6.07, 6.45) is 0. The zero-order chi connectivity index (χ0) is 12.1. The minimum absolute atomic E-state index is 0.269. The molecular formula is C13H15ClO2. The van der Waals surface area contributed by atoms with Gasteiger partial charge in [-0.05, 0) is 44.0 Å². The smallest absolute Gasteiger partial charge is 0.333 e. The van der Waals surface area contributed by atoms with Crippen molar-refractivity contribution in [2.45, 2.75) is 20.8 Å². The molecule has 86 valence electrons. The van der Waals surface area contributed by atoms with Gasteiger partial charge < -0.3 is 4.74 Å². The number of halogens is 1. The lowest BCUT2D eigenvalue weighted by Crippen LogP contribution is -2.06. The summed E-state index contributed by atoms with van der Waals surface area (Å²) in [5.74, 6) is -0.269. The molecular weight excluding hydrogens is 224 g/mol. The molecule has 1 aromatic rings. The number of esters is 1. The molecule has 0 aliphatic heterocycles. The van der Waals surface area contributed by atoms with Crippen molar-refractivity contribution in [2.75, 3.05) is 6.61 Å². The van der Waals surface area contributed by atoms with E-state index < -0.39 is 0 Å². The normalized spacial score (nSPS) is 12.0. The van der Waals surface area contributed by atoms with Gasteiger partial charge in [-0.1, -0.05) is 23.7 Å². The van der Waals surface area contributed by atoms with Crippen molar-refractivity contribution in [1.29, 1.82) is 0 Å². The second kappa shape index (κ2) is 5.71. The number of hydrogen-bond acceptors (Lipinski definition) is 2. The lowest BCUT2D eigenvalue weighted by atomic mass is 10.0. The maximum absolute atomic E-state index is 11.5. The molecule has 0 saturated carbocycles. The molecule has 0 aliphatic rings. The Morgan fingerprint density at radius 2 is 1.81 bits per heavy atom. The van der Waals surface area contributed by atoms with Gasteiger partial charge in [-0.2, -0.15) is 0 Å². The number of hydrogen-bond donors (Lipinski definition) is 0. The van der Waals surface area contributed by atoms with E-state index in [9.17, 15) is 4.79 Å². The number of allylic oxidation sites excluding steroid dienone is 1. The molecule has 0 radical (unpaired) electrons. The Balaban J connectivity index is 2.99. The maximum Gasteiger partial charge on any atom is 0.333 e. The lowest BCUT2D eigenvalue weighted by Gasteiger charge is -2.07. The lowest BCUT2D eigenvalue weighted by molar-refractivity contribution is -0.138. The van der Waals surface area contributed by atoms with E-state index in [1.54, 1.807) is 26.0 Å². The summed E-state index contributed by atoms with van der Waals surface area (Å²) in [5.41, 5.74) is 2.52. The predicted molar refractivity (Wildman–Crippen MR) is 66.4 cm³/mol. The molecule has 0 amide bonds. The molecule has 1 aromatic carbocycles. The summed E-state index contributed by atoms with van der Waals surface area (Å²) in [6, 6.07) is 7.39. The zero-order valence-electron chi connectivity index (χ0n) is 9.71. The van der Waals surface area contributed by atoms with Crippen molar-refractivity contribution in [2.24, 2.45) is 0 Å². The standard InChI is InChI=1S/C13H15ClO2/c1-4-16-13(15)10(3)9(2)11-5-7-12(14)8-6-11/h5-8H,4H2,1-3H3/b10-9+. The zero-order valence-corrected chi connectivity index (χ0v) is 10.5. The Morgan fingerprint density at radius 3 is 2.31 bits per heavy atom. The monoisotopic (exact) mass is 238 g/mol. The number of rotatable bonds is 3. The molecule has 0 heterocycles. The highest BCUT2D eigenvalue weighted by Gasteiger charge is 2.09. The minimum Gasteiger partial charge on any atom is -0.463 e. The summed E-state index contributed by atoms with van der Waals surface area (Å²) in [7, 11) is 0. The van der Waals surface area contributed by atoms with Crippen LogP contribution in [0.25, 0.3) is 5.57 Å². The van der Waals surface area contributed by atoms with Crippen LogP contribution in [0.1, 0.15) is 26.3 Å². The van der Waals surface area contributed by atoms with E-state index in [0.29, 0.717) is 17.2 Å². The van der Waals surface area contributed by atoms with Crippen LogP contribution >= 0.6 is 11.6 Å². The fraction of sp³-hybridized carbons (Fsp3) is 0.308. The second-order valence-corrected chi connectivity index (χ2v) is 3.91. The average Bonchev–Trinajstić information content (AvgIpc) is 2.28. The minimum atomic E-state index is -0.269. The largest absolute Gasteiger partial charge is 0.463 e. The average molecular weight is 239 g/mol. The van der Waals surface area contributed by atoms with Gasteiger partial charge in [-0.15, -0.1) is 0 Å². The van der Waals surface area contributed by atoms with Gasteiger partial charge >= 0.3 is 5.97 Å². The Labute approximate surface area is 101 Å². The highest BCUT2D eigenvalue weighted by Crippen LogP contribution is 2.20. The van der Waals surface area contributed by atoms with Crippen molar-refractivity contribution in [3.63, 3.8) is 0 Å². The summed E-state index contributed by atoms with van der Waals surface area (Å²) in [5, 5.41) is 0.685. The summed E-state index contributed by atoms with van der Waals surface area (Å²) < 4.78 is 4.95. The molecule has 0 aliphatic carbocycles. The molecule has 0 atom stereocenters.